The summed E-state index contributed by atoms with van der Waals surface area (Å²) in [5.74, 6) is 0.862. The van der Waals surface area contributed by atoms with Crippen LogP contribution >= 0.6 is 0 Å². The van der Waals surface area contributed by atoms with Gasteiger partial charge in [-0.25, -0.2) is 9.50 Å². The van der Waals surface area contributed by atoms with Gasteiger partial charge < -0.3 is 9.64 Å². The molecule has 0 bridgehead atoms. The van der Waals surface area contributed by atoms with Crippen LogP contribution in [0, 0.1) is 5.92 Å². The van der Waals surface area contributed by atoms with E-state index in [4.69, 9.17) is 9.72 Å². The van der Waals surface area contributed by atoms with Gasteiger partial charge in [-0.3, -0.25) is 9.48 Å². The third-order valence-corrected chi connectivity index (χ3v) is 6.32. The molecule has 3 aromatic rings. The fourth-order valence-corrected chi connectivity index (χ4v) is 4.82. The Morgan fingerprint density at radius 1 is 1.38 bits per heavy atom. The maximum absolute atomic E-state index is 12.2. The summed E-state index contributed by atoms with van der Waals surface area (Å²) in [5, 5.41) is 8.62. The smallest absolute Gasteiger partial charge is 0.246 e. The molecule has 8 nitrogen and oxygen atoms in total. The van der Waals surface area contributed by atoms with Gasteiger partial charge in [-0.1, -0.05) is 6.58 Å². The highest BCUT2D eigenvalue weighted by molar-refractivity contribution is 5.87. The van der Waals surface area contributed by atoms with Crippen molar-refractivity contribution in [1.82, 2.24) is 29.3 Å². The molecule has 29 heavy (non-hydrogen) atoms. The molecule has 0 radical (unpaired) electrons. The van der Waals surface area contributed by atoms with Crippen LogP contribution < -0.4 is 4.74 Å². The van der Waals surface area contributed by atoms with Gasteiger partial charge in [0.2, 0.25) is 11.8 Å². The quantitative estimate of drug-likeness (QED) is 0.638. The van der Waals surface area contributed by atoms with Crippen LogP contribution in [0.1, 0.15) is 26.2 Å². The molecule has 2 fully saturated rings. The highest BCUT2D eigenvalue weighted by Gasteiger charge is 2.57. The van der Waals surface area contributed by atoms with Gasteiger partial charge in [-0.15, -0.1) is 0 Å². The summed E-state index contributed by atoms with van der Waals surface area (Å²) < 4.78 is 10.1. The molecule has 3 aromatic heterocycles. The predicted octanol–water partition coefficient (Wildman–Crippen LogP) is 2.46. The van der Waals surface area contributed by atoms with Crippen LogP contribution in [0.2, 0.25) is 0 Å². The van der Waals surface area contributed by atoms with E-state index in [1.165, 1.54) is 6.08 Å². The Morgan fingerprint density at radius 2 is 2.24 bits per heavy atom. The fourth-order valence-electron chi connectivity index (χ4n) is 4.82. The van der Waals surface area contributed by atoms with Crippen LogP contribution in [0.15, 0.2) is 43.5 Å². The molecule has 5 rings (SSSR count). The number of hydrogen-bond donors (Lipinski definition) is 0. The number of aromatic nitrogens is 5. The highest BCUT2D eigenvalue weighted by atomic mass is 16.5. The number of hydrogen-bond acceptors (Lipinski definition) is 5. The highest BCUT2D eigenvalue weighted by Crippen LogP contribution is 2.49. The van der Waals surface area contributed by atoms with Crippen LogP contribution in [-0.4, -0.2) is 53.4 Å². The summed E-state index contributed by atoms with van der Waals surface area (Å²) in [6.07, 6.45) is 11.5. The van der Waals surface area contributed by atoms with E-state index in [0.717, 1.165) is 42.6 Å². The molecular weight excluding hydrogens is 368 g/mol. The van der Waals surface area contributed by atoms with Crippen LogP contribution in [0.4, 0.5) is 0 Å². The van der Waals surface area contributed by atoms with E-state index in [1.807, 2.05) is 30.4 Å². The Bertz CT molecular complexity index is 1100. The number of ether oxygens (including phenoxy) is 1. The van der Waals surface area contributed by atoms with Crippen molar-refractivity contribution < 1.29 is 9.53 Å². The molecule has 1 aliphatic carbocycles. The predicted molar refractivity (Wildman–Crippen MR) is 107 cm³/mol. The first-order valence-electron chi connectivity index (χ1n) is 9.94. The minimum Gasteiger partial charge on any atom is -0.469 e. The molecule has 0 aromatic carbocycles. The molecule has 1 aliphatic heterocycles. The molecule has 1 saturated heterocycles. The Kier molecular flexibility index (Phi) is 3.97. The number of rotatable bonds is 4. The number of piperidine rings is 1. The van der Waals surface area contributed by atoms with Crippen LogP contribution in [0.25, 0.3) is 16.8 Å². The van der Waals surface area contributed by atoms with Crippen molar-refractivity contribution in [1.29, 1.82) is 0 Å². The minimum atomic E-state index is -0.365. The Hall–Kier alpha value is -3.16. The van der Waals surface area contributed by atoms with E-state index >= 15 is 0 Å². The fraction of sp³-hybridized carbons (Fsp3) is 0.429. The largest absolute Gasteiger partial charge is 0.469 e. The topological polar surface area (TPSA) is 77.6 Å². The zero-order chi connectivity index (χ0) is 20.2. The molecule has 0 N–H and O–H groups in total. The lowest BCUT2D eigenvalue weighted by Crippen LogP contribution is -2.67. The second-order valence-corrected chi connectivity index (χ2v) is 8.17. The average molecular weight is 392 g/mol. The van der Waals surface area contributed by atoms with E-state index in [0.29, 0.717) is 5.88 Å². The molecule has 1 saturated carbocycles. The second-order valence-electron chi connectivity index (χ2n) is 8.17. The van der Waals surface area contributed by atoms with E-state index in [2.05, 4.69) is 23.7 Å². The summed E-state index contributed by atoms with van der Waals surface area (Å²) in [4.78, 5) is 18.9. The molecule has 8 heteroatoms. The maximum atomic E-state index is 12.2. The van der Waals surface area contributed by atoms with Crippen molar-refractivity contribution in [3.63, 3.8) is 0 Å². The number of carbonyl (C=O) groups excluding carboxylic acids is 1. The van der Waals surface area contributed by atoms with Crippen molar-refractivity contribution in [3.8, 4) is 17.1 Å². The Balaban J connectivity index is 1.47. The number of aryl methyl sites for hydroxylation is 1. The van der Waals surface area contributed by atoms with Crippen molar-refractivity contribution in [2.24, 2.45) is 13.0 Å². The van der Waals surface area contributed by atoms with Gasteiger partial charge in [0.05, 0.1) is 24.3 Å². The summed E-state index contributed by atoms with van der Waals surface area (Å²) in [6, 6.07) is 2.12. The zero-order valence-electron chi connectivity index (χ0n) is 16.7. The first-order valence-corrected chi connectivity index (χ1v) is 9.94. The van der Waals surface area contributed by atoms with Crippen LogP contribution in [-0.2, 0) is 11.8 Å². The molecule has 2 unspecified atom stereocenters. The van der Waals surface area contributed by atoms with Crippen LogP contribution in [0.3, 0.4) is 0 Å². The van der Waals surface area contributed by atoms with E-state index in [-0.39, 0.29) is 23.5 Å². The summed E-state index contributed by atoms with van der Waals surface area (Å²) >= 11 is 0. The van der Waals surface area contributed by atoms with E-state index in [1.54, 1.807) is 21.6 Å². The molecule has 150 valence electrons. The molecule has 4 heterocycles. The molecule has 1 amide bonds. The Morgan fingerprint density at radius 3 is 3.00 bits per heavy atom. The first-order chi connectivity index (χ1) is 14.0. The van der Waals surface area contributed by atoms with Gasteiger partial charge in [0.1, 0.15) is 11.1 Å². The summed E-state index contributed by atoms with van der Waals surface area (Å²) in [5.41, 5.74) is 2.13. The lowest BCUT2D eigenvalue weighted by Gasteiger charge is -2.58. The van der Waals surface area contributed by atoms with Gasteiger partial charge in [0.25, 0.3) is 0 Å². The lowest BCUT2D eigenvalue weighted by molar-refractivity contribution is -0.161. The number of carbonyl (C=O) groups is 1. The van der Waals surface area contributed by atoms with Crippen molar-refractivity contribution in [2.75, 3.05) is 6.54 Å². The van der Waals surface area contributed by atoms with Crippen LogP contribution in [0.5, 0.6) is 5.88 Å². The standard InChI is InChI=1S/C21H24N6O2/c1-4-19(28)26-9-5-6-15-18(26)10-21(15,2)29-20-17-7-8-22-27(17)13-16(24-20)14-11-23-25(3)12-14/h4,7-8,11-13,15,18H,1,5-6,9-10H2,2-3H3/t15-,18?,21?/m1/s1. The summed E-state index contributed by atoms with van der Waals surface area (Å²) in [6.45, 7) is 6.56. The average Bonchev–Trinajstić information content (AvgIpc) is 3.35. The van der Waals surface area contributed by atoms with Gasteiger partial charge in [0, 0.05) is 43.7 Å². The molecule has 3 atom stereocenters. The second kappa shape index (κ2) is 6.43. The van der Waals surface area contributed by atoms with Gasteiger partial charge in [0.15, 0.2) is 0 Å². The normalized spacial score (nSPS) is 26.1. The molecular formula is C21H24N6O2. The number of amides is 1. The Labute approximate surface area is 168 Å². The van der Waals surface area contributed by atoms with Crippen molar-refractivity contribution >= 4 is 11.4 Å². The SMILES string of the molecule is C=CC(=O)N1CCC[C@@H]2C1CC2(C)Oc1nc(-c2cnn(C)c2)cn2nccc12. The number of fused-ring (bicyclic) bond motifs is 2. The third kappa shape index (κ3) is 2.82. The monoisotopic (exact) mass is 392 g/mol. The first kappa shape index (κ1) is 17.9. The third-order valence-electron chi connectivity index (χ3n) is 6.32. The molecule has 0 spiro atoms. The minimum absolute atomic E-state index is 0.0108. The van der Waals surface area contributed by atoms with Gasteiger partial charge in [-0.2, -0.15) is 10.2 Å². The van der Waals surface area contributed by atoms with E-state index < -0.39 is 0 Å². The summed E-state index contributed by atoms with van der Waals surface area (Å²) in [7, 11) is 1.88. The van der Waals surface area contributed by atoms with Crippen molar-refractivity contribution in [3.05, 3.63) is 43.5 Å². The van der Waals surface area contributed by atoms with E-state index in [9.17, 15) is 4.79 Å². The van der Waals surface area contributed by atoms with Gasteiger partial charge in [-0.05, 0) is 31.9 Å². The molecule has 2 aliphatic rings. The zero-order valence-corrected chi connectivity index (χ0v) is 16.7. The maximum Gasteiger partial charge on any atom is 0.246 e. The van der Waals surface area contributed by atoms with Gasteiger partial charge >= 0.3 is 0 Å². The number of nitrogens with zero attached hydrogens (tertiary/aromatic N) is 6. The van der Waals surface area contributed by atoms with Crippen molar-refractivity contribution in [2.45, 2.75) is 37.8 Å². The number of likely N-dealkylation sites (tertiary alicyclic amines) is 1. The lowest BCUT2D eigenvalue weighted by atomic mass is 9.62.